The number of para-hydroxylation sites is 1. The average Bonchev–Trinajstić information content (AvgIpc) is 3.12. The van der Waals surface area contributed by atoms with E-state index in [1.54, 1.807) is 31.2 Å². The largest absolute Gasteiger partial charge is 0.462 e. The molecule has 0 saturated carbocycles. The SMILES string of the molecule is CCOC(=O)c1c(Cn2c(=O)c3ccc(C(F)(F)F)nc3n(C)c2=O)oc2ccccc12. The van der Waals surface area contributed by atoms with Gasteiger partial charge in [0.1, 0.15) is 28.2 Å². The van der Waals surface area contributed by atoms with E-state index in [9.17, 15) is 27.6 Å². The number of carbonyl (C=O) groups excluding carboxylic acids is 1. The van der Waals surface area contributed by atoms with Crippen molar-refractivity contribution in [2.24, 2.45) is 7.05 Å². The zero-order chi connectivity index (χ0) is 23.2. The minimum absolute atomic E-state index is 0.0167. The highest BCUT2D eigenvalue weighted by Gasteiger charge is 2.33. The summed E-state index contributed by atoms with van der Waals surface area (Å²) in [5.41, 5.74) is -2.97. The predicted molar refractivity (Wildman–Crippen MR) is 108 cm³/mol. The third-order valence-electron chi connectivity index (χ3n) is 4.93. The topological polar surface area (TPSA) is 96.3 Å². The molecule has 0 fully saturated rings. The van der Waals surface area contributed by atoms with Gasteiger partial charge in [0, 0.05) is 12.4 Å². The normalized spacial score (nSPS) is 11.9. The van der Waals surface area contributed by atoms with Crippen LogP contribution in [0.1, 0.15) is 28.7 Å². The third-order valence-corrected chi connectivity index (χ3v) is 4.93. The second kappa shape index (κ2) is 7.66. The average molecular weight is 447 g/mol. The molecule has 11 heteroatoms. The van der Waals surface area contributed by atoms with Gasteiger partial charge in [0.2, 0.25) is 0 Å². The molecule has 0 spiro atoms. The Morgan fingerprint density at radius 2 is 1.84 bits per heavy atom. The molecular weight excluding hydrogens is 431 g/mol. The van der Waals surface area contributed by atoms with Gasteiger partial charge in [0.25, 0.3) is 5.56 Å². The molecule has 166 valence electrons. The molecule has 0 aliphatic rings. The number of nitrogens with zero attached hydrogens (tertiary/aromatic N) is 3. The molecule has 3 heterocycles. The first-order valence-corrected chi connectivity index (χ1v) is 9.48. The number of fused-ring (bicyclic) bond motifs is 2. The Labute approximate surface area is 177 Å². The monoisotopic (exact) mass is 447 g/mol. The Balaban J connectivity index is 1.92. The van der Waals surface area contributed by atoms with Crippen LogP contribution in [-0.2, 0) is 24.5 Å². The fourth-order valence-corrected chi connectivity index (χ4v) is 3.45. The van der Waals surface area contributed by atoms with E-state index in [4.69, 9.17) is 9.15 Å². The number of hydrogen-bond donors (Lipinski definition) is 0. The molecule has 3 aromatic heterocycles. The van der Waals surface area contributed by atoms with E-state index in [0.29, 0.717) is 17.0 Å². The van der Waals surface area contributed by atoms with Crippen LogP contribution in [0.2, 0.25) is 0 Å². The second-order valence-electron chi connectivity index (χ2n) is 6.92. The van der Waals surface area contributed by atoms with Crippen LogP contribution in [-0.4, -0.2) is 26.7 Å². The molecule has 0 aliphatic carbocycles. The predicted octanol–water partition coefficient (Wildman–Crippen LogP) is 3.09. The Hall–Kier alpha value is -3.89. The number of rotatable bonds is 4. The van der Waals surface area contributed by atoms with Crippen LogP contribution >= 0.6 is 0 Å². The van der Waals surface area contributed by atoms with E-state index < -0.39 is 41.3 Å². The quantitative estimate of drug-likeness (QED) is 0.446. The molecule has 0 unspecified atom stereocenters. The summed E-state index contributed by atoms with van der Waals surface area (Å²) < 4.78 is 51.5. The number of esters is 1. The Kier molecular flexibility index (Phi) is 5.11. The number of benzene rings is 1. The maximum Gasteiger partial charge on any atom is 0.433 e. The lowest BCUT2D eigenvalue weighted by Gasteiger charge is -2.12. The number of ether oxygens (including phenoxy) is 1. The molecule has 0 aliphatic heterocycles. The molecule has 0 atom stereocenters. The Morgan fingerprint density at radius 3 is 2.53 bits per heavy atom. The first-order valence-electron chi connectivity index (χ1n) is 9.48. The van der Waals surface area contributed by atoms with Gasteiger partial charge < -0.3 is 9.15 Å². The fraction of sp³-hybridized carbons (Fsp3) is 0.238. The number of pyridine rings is 1. The summed E-state index contributed by atoms with van der Waals surface area (Å²) in [7, 11) is 1.21. The lowest BCUT2D eigenvalue weighted by Crippen LogP contribution is -2.40. The smallest absolute Gasteiger partial charge is 0.433 e. The van der Waals surface area contributed by atoms with Gasteiger partial charge in [0.05, 0.1) is 18.5 Å². The lowest BCUT2D eigenvalue weighted by molar-refractivity contribution is -0.141. The summed E-state index contributed by atoms with van der Waals surface area (Å²) in [4.78, 5) is 41.8. The van der Waals surface area contributed by atoms with Crippen molar-refractivity contribution in [1.82, 2.24) is 14.1 Å². The van der Waals surface area contributed by atoms with Crippen molar-refractivity contribution in [2.75, 3.05) is 6.61 Å². The van der Waals surface area contributed by atoms with Crippen molar-refractivity contribution in [2.45, 2.75) is 19.6 Å². The molecule has 1 aromatic carbocycles. The van der Waals surface area contributed by atoms with Crippen LogP contribution in [0.15, 0.2) is 50.4 Å². The number of halogens is 3. The van der Waals surface area contributed by atoms with Crippen molar-refractivity contribution in [1.29, 1.82) is 0 Å². The number of furan rings is 1. The van der Waals surface area contributed by atoms with Gasteiger partial charge in [-0.3, -0.25) is 13.9 Å². The summed E-state index contributed by atoms with van der Waals surface area (Å²) in [6.45, 7) is 1.31. The maximum absolute atomic E-state index is 13.0. The van der Waals surface area contributed by atoms with Crippen molar-refractivity contribution < 1.29 is 27.1 Å². The molecule has 4 aromatic rings. The summed E-state index contributed by atoms with van der Waals surface area (Å²) in [5.74, 6) is -0.669. The maximum atomic E-state index is 13.0. The van der Waals surface area contributed by atoms with Crippen LogP contribution in [0.3, 0.4) is 0 Å². The van der Waals surface area contributed by atoms with Gasteiger partial charge in [-0.15, -0.1) is 0 Å². The molecular formula is C21H16F3N3O5. The van der Waals surface area contributed by atoms with Gasteiger partial charge in [-0.1, -0.05) is 18.2 Å². The zero-order valence-electron chi connectivity index (χ0n) is 16.9. The summed E-state index contributed by atoms with van der Waals surface area (Å²) >= 11 is 0. The Bertz CT molecular complexity index is 1480. The van der Waals surface area contributed by atoms with Crippen molar-refractivity contribution in [3.05, 3.63) is 74.3 Å². The molecule has 0 N–H and O–H groups in total. The zero-order valence-corrected chi connectivity index (χ0v) is 16.9. The van der Waals surface area contributed by atoms with E-state index >= 15 is 0 Å². The minimum atomic E-state index is -4.73. The van der Waals surface area contributed by atoms with E-state index in [-0.39, 0.29) is 23.3 Å². The van der Waals surface area contributed by atoms with E-state index in [1.807, 2.05) is 0 Å². The lowest BCUT2D eigenvalue weighted by atomic mass is 10.1. The summed E-state index contributed by atoms with van der Waals surface area (Å²) in [6, 6.07) is 8.27. The van der Waals surface area contributed by atoms with Crippen LogP contribution in [0, 0.1) is 0 Å². The molecule has 0 radical (unpaired) electrons. The minimum Gasteiger partial charge on any atom is -0.462 e. The van der Waals surface area contributed by atoms with Gasteiger partial charge in [-0.05, 0) is 25.1 Å². The number of aromatic nitrogens is 3. The number of hydrogen-bond acceptors (Lipinski definition) is 6. The van der Waals surface area contributed by atoms with Crippen LogP contribution in [0.4, 0.5) is 13.2 Å². The first kappa shape index (κ1) is 21.3. The van der Waals surface area contributed by atoms with Crippen LogP contribution in [0.5, 0.6) is 0 Å². The summed E-state index contributed by atoms with van der Waals surface area (Å²) in [6.07, 6.45) is -4.73. The standard InChI is InChI=1S/C21H16F3N3O5/c1-3-31-19(29)16-11-6-4-5-7-13(11)32-14(16)10-27-18(28)12-8-9-15(21(22,23)24)25-17(12)26(2)20(27)30/h4-9H,3,10H2,1-2H3. The highest BCUT2D eigenvalue weighted by molar-refractivity contribution is 6.04. The number of carbonyl (C=O) groups is 1. The number of aryl methyl sites for hydroxylation is 1. The van der Waals surface area contributed by atoms with Gasteiger partial charge in [0.15, 0.2) is 0 Å². The molecule has 8 nitrogen and oxygen atoms in total. The fourth-order valence-electron chi connectivity index (χ4n) is 3.45. The van der Waals surface area contributed by atoms with Gasteiger partial charge in [-0.2, -0.15) is 13.2 Å². The Morgan fingerprint density at radius 1 is 1.12 bits per heavy atom. The third kappa shape index (κ3) is 3.45. The van der Waals surface area contributed by atoms with Gasteiger partial charge >= 0.3 is 17.8 Å². The molecule has 0 amide bonds. The van der Waals surface area contributed by atoms with Crippen molar-refractivity contribution in [3.8, 4) is 0 Å². The molecule has 0 bridgehead atoms. The highest BCUT2D eigenvalue weighted by Crippen LogP contribution is 2.29. The van der Waals surface area contributed by atoms with Gasteiger partial charge in [-0.25, -0.2) is 14.6 Å². The van der Waals surface area contributed by atoms with Crippen molar-refractivity contribution in [3.63, 3.8) is 0 Å². The van der Waals surface area contributed by atoms with E-state index in [0.717, 1.165) is 15.2 Å². The second-order valence-corrected chi connectivity index (χ2v) is 6.92. The molecule has 0 saturated heterocycles. The van der Waals surface area contributed by atoms with Crippen LogP contribution in [0.25, 0.3) is 22.0 Å². The highest BCUT2D eigenvalue weighted by atomic mass is 19.4. The molecule has 32 heavy (non-hydrogen) atoms. The first-order chi connectivity index (χ1) is 15.1. The van der Waals surface area contributed by atoms with E-state index in [2.05, 4.69) is 4.98 Å². The van der Waals surface area contributed by atoms with E-state index in [1.165, 1.54) is 7.05 Å². The van der Waals surface area contributed by atoms with Crippen molar-refractivity contribution >= 4 is 28.0 Å². The number of alkyl halides is 3. The summed E-state index contributed by atoms with van der Waals surface area (Å²) in [5, 5.41) is 0.261. The molecule has 4 rings (SSSR count). The van der Waals surface area contributed by atoms with Crippen LogP contribution < -0.4 is 11.2 Å².